The first-order valence-corrected chi connectivity index (χ1v) is 11.5. The largest absolute Gasteiger partial charge is 0.353 e. The second-order valence-corrected chi connectivity index (χ2v) is 9.11. The molecule has 1 aromatic heterocycles. The normalized spacial score (nSPS) is 15.9. The number of aryl methyl sites for hydroxylation is 1. The quantitative estimate of drug-likeness (QED) is 0.694. The van der Waals surface area contributed by atoms with E-state index in [1.54, 1.807) is 27.8 Å². The number of para-hydroxylation sites is 1. The van der Waals surface area contributed by atoms with Crippen LogP contribution in [-0.4, -0.2) is 50.6 Å². The summed E-state index contributed by atoms with van der Waals surface area (Å²) in [6, 6.07) is 5.33. The van der Waals surface area contributed by atoms with Crippen LogP contribution in [0.1, 0.15) is 57.0 Å². The minimum atomic E-state index is -0.244. The van der Waals surface area contributed by atoms with Crippen molar-refractivity contribution in [2.45, 2.75) is 53.0 Å². The molecule has 1 aromatic carbocycles. The molecule has 2 aromatic rings. The van der Waals surface area contributed by atoms with E-state index in [2.05, 4.69) is 29.2 Å². The molecule has 1 aliphatic rings. The molecule has 2 amide bonds. The van der Waals surface area contributed by atoms with Crippen LogP contribution >= 0.6 is 23.2 Å². The van der Waals surface area contributed by atoms with Gasteiger partial charge in [0.05, 0.1) is 10.0 Å². The van der Waals surface area contributed by atoms with Crippen molar-refractivity contribution in [2.24, 2.45) is 11.8 Å². The molecule has 1 fully saturated rings. The number of rotatable bonds is 6. The van der Waals surface area contributed by atoms with Crippen LogP contribution < -0.4 is 5.32 Å². The summed E-state index contributed by atoms with van der Waals surface area (Å²) in [5, 5.41) is 8.38. The van der Waals surface area contributed by atoms with Gasteiger partial charge in [-0.1, -0.05) is 50.0 Å². The molecule has 1 unspecified atom stereocenters. The number of benzene rings is 1. The molecular weight excluding hydrogens is 437 g/mol. The van der Waals surface area contributed by atoms with E-state index in [1.807, 2.05) is 13.8 Å². The van der Waals surface area contributed by atoms with Gasteiger partial charge in [0.15, 0.2) is 0 Å². The van der Waals surface area contributed by atoms with Gasteiger partial charge in [-0.2, -0.15) is 0 Å². The van der Waals surface area contributed by atoms with Crippen molar-refractivity contribution >= 4 is 35.0 Å². The zero-order valence-electron chi connectivity index (χ0n) is 18.4. The maximum Gasteiger partial charge on any atom is 0.293 e. The summed E-state index contributed by atoms with van der Waals surface area (Å²) in [6.07, 6.45) is 1.82. The number of nitrogens with one attached hydrogen (secondary N) is 1. The van der Waals surface area contributed by atoms with Gasteiger partial charge >= 0.3 is 0 Å². The summed E-state index contributed by atoms with van der Waals surface area (Å²) in [5.74, 6) is 0.845. The lowest BCUT2D eigenvalue weighted by molar-refractivity contribution is -0.127. The van der Waals surface area contributed by atoms with Crippen molar-refractivity contribution in [3.63, 3.8) is 0 Å². The highest BCUT2D eigenvalue weighted by Gasteiger charge is 2.31. The van der Waals surface area contributed by atoms with Crippen LogP contribution in [0.25, 0.3) is 5.69 Å². The molecule has 9 heteroatoms. The third-order valence-corrected chi connectivity index (χ3v) is 6.46. The van der Waals surface area contributed by atoms with E-state index in [9.17, 15) is 9.59 Å². The molecule has 168 valence electrons. The molecule has 0 spiro atoms. The zero-order valence-corrected chi connectivity index (χ0v) is 19.9. The van der Waals surface area contributed by atoms with Crippen LogP contribution in [0.3, 0.4) is 0 Å². The van der Waals surface area contributed by atoms with Gasteiger partial charge in [0.1, 0.15) is 11.5 Å². The molecular formula is C22H29Cl2N5O2. The second kappa shape index (κ2) is 10.0. The highest BCUT2D eigenvalue weighted by molar-refractivity contribution is 6.37. The van der Waals surface area contributed by atoms with E-state index in [1.165, 1.54) is 0 Å². The molecule has 1 aliphatic heterocycles. The van der Waals surface area contributed by atoms with Gasteiger partial charge in [-0.05, 0) is 37.8 Å². The number of hydrogen-bond acceptors (Lipinski definition) is 4. The molecule has 0 saturated carbocycles. The summed E-state index contributed by atoms with van der Waals surface area (Å²) in [7, 11) is 0. The fourth-order valence-electron chi connectivity index (χ4n) is 3.53. The Morgan fingerprint density at radius 2 is 1.77 bits per heavy atom. The third-order valence-electron chi connectivity index (χ3n) is 5.85. The van der Waals surface area contributed by atoms with Crippen molar-refractivity contribution in [1.82, 2.24) is 25.0 Å². The molecule has 0 bridgehead atoms. The van der Waals surface area contributed by atoms with E-state index in [4.69, 9.17) is 23.2 Å². The smallest absolute Gasteiger partial charge is 0.293 e. The number of likely N-dealkylation sites (tertiary alicyclic amines) is 1. The molecule has 3 rings (SSSR count). The standard InChI is InChI=1S/C22H29Cl2N5O2/c1-5-18-26-20(27-29(18)19-16(23)7-6-8-17(19)24)22(31)28-11-9-15(10-12-28)21(30)25-14(4)13(2)3/h6-8,13-15H,5,9-12H2,1-4H3,(H,25,30). The predicted octanol–water partition coefficient (Wildman–Crippen LogP) is 4.15. The number of amides is 2. The number of carbonyl (C=O) groups is 2. The minimum Gasteiger partial charge on any atom is -0.353 e. The van der Waals surface area contributed by atoms with Crippen LogP contribution in [0.2, 0.25) is 10.0 Å². The molecule has 1 saturated heterocycles. The first-order chi connectivity index (χ1) is 14.7. The van der Waals surface area contributed by atoms with Crippen molar-refractivity contribution in [3.8, 4) is 5.69 Å². The molecule has 0 aliphatic carbocycles. The summed E-state index contributed by atoms with van der Waals surface area (Å²) in [6.45, 7) is 9.10. The van der Waals surface area contributed by atoms with Crippen LogP contribution in [0, 0.1) is 11.8 Å². The van der Waals surface area contributed by atoms with E-state index < -0.39 is 0 Å². The maximum absolute atomic E-state index is 13.0. The lowest BCUT2D eigenvalue weighted by atomic mass is 9.94. The molecule has 7 nitrogen and oxygen atoms in total. The average Bonchev–Trinajstić information content (AvgIpc) is 3.17. The van der Waals surface area contributed by atoms with E-state index in [0.717, 1.165) is 0 Å². The van der Waals surface area contributed by atoms with Crippen molar-refractivity contribution in [3.05, 3.63) is 39.9 Å². The van der Waals surface area contributed by atoms with E-state index in [-0.39, 0.29) is 29.6 Å². The van der Waals surface area contributed by atoms with Gasteiger partial charge in [0, 0.05) is 31.5 Å². The van der Waals surface area contributed by atoms with Gasteiger partial charge in [-0.15, -0.1) is 5.10 Å². The minimum absolute atomic E-state index is 0.0670. The van der Waals surface area contributed by atoms with Gasteiger partial charge in [0.25, 0.3) is 5.91 Å². The van der Waals surface area contributed by atoms with Crippen LogP contribution in [0.4, 0.5) is 0 Å². The van der Waals surface area contributed by atoms with Crippen molar-refractivity contribution in [2.75, 3.05) is 13.1 Å². The first-order valence-electron chi connectivity index (χ1n) is 10.7. The monoisotopic (exact) mass is 465 g/mol. The van der Waals surface area contributed by atoms with Gasteiger partial charge < -0.3 is 10.2 Å². The first kappa shape index (κ1) is 23.5. The Morgan fingerprint density at radius 3 is 2.32 bits per heavy atom. The SMILES string of the molecule is CCc1nc(C(=O)N2CCC(C(=O)NC(C)C(C)C)CC2)nn1-c1c(Cl)cccc1Cl. The Labute approximate surface area is 193 Å². The number of aromatic nitrogens is 3. The fraction of sp³-hybridized carbons (Fsp3) is 0.545. The van der Waals surface area contributed by atoms with Gasteiger partial charge in [-0.25, -0.2) is 9.67 Å². The summed E-state index contributed by atoms with van der Waals surface area (Å²) in [4.78, 5) is 31.7. The lowest BCUT2D eigenvalue weighted by Crippen LogP contribution is -2.46. The molecule has 2 heterocycles. The van der Waals surface area contributed by atoms with Crippen molar-refractivity contribution < 1.29 is 9.59 Å². The zero-order chi connectivity index (χ0) is 22.7. The Bertz CT molecular complexity index is 931. The predicted molar refractivity (Wildman–Crippen MR) is 122 cm³/mol. The summed E-state index contributed by atoms with van der Waals surface area (Å²) in [5.41, 5.74) is 0.517. The summed E-state index contributed by atoms with van der Waals surface area (Å²) < 4.78 is 1.55. The molecule has 0 radical (unpaired) electrons. The Morgan fingerprint density at radius 1 is 1.16 bits per heavy atom. The number of piperidine rings is 1. The highest BCUT2D eigenvalue weighted by Crippen LogP contribution is 2.29. The summed E-state index contributed by atoms with van der Waals surface area (Å²) >= 11 is 12.7. The average molecular weight is 466 g/mol. The molecule has 1 N–H and O–H groups in total. The molecule has 31 heavy (non-hydrogen) atoms. The van der Waals surface area contributed by atoms with E-state index >= 15 is 0 Å². The van der Waals surface area contributed by atoms with Crippen LogP contribution in [0.5, 0.6) is 0 Å². The topological polar surface area (TPSA) is 80.1 Å². The van der Waals surface area contributed by atoms with Gasteiger partial charge in [0.2, 0.25) is 11.7 Å². The maximum atomic E-state index is 13.0. The van der Waals surface area contributed by atoms with E-state index in [0.29, 0.717) is 59.8 Å². The Balaban J connectivity index is 1.71. The third kappa shape index (κ3) is 5.21. The van der Waals surface area contributed by atoms with Crippen LogP contribution in [0.15, 0.2) is 18.2 Å². The number of halogens is 2. The lowest BCUT2D eigenvalue weighted by Gasteiger charge is -2.31. The second-order valence-electron chi connectivity index (χ2n) is 8.30. The van der Waals surface area contributed by atoms with Crippen LogP contribution in [-0.2, 0) is 11.2 Å². The molecule has 1 atom stereocenters. The number of nitrogens with zero attached hydrogens (tertiary/aromatic N) is 4. The highest BCUT2D eigenvalue weighted by atomic mass is 35.5. The Kier molecular flexibility index (Phi) is 7.59. The van der Waals surface area contributed by atoms with Crippen molar-refractivity contribution in [1.29, 1.82) is 0 Å². The Hall–Kier alpha value is -2.12. The number of carbonyl (C=O) groups excluding carboxylic acids is 2. The fourth-order valence-corrected chi connectivity index (χ4v) is 4.09. The van der Waals surface area contributed by atoms with Gasteiger partial charge in [-0.3, -0.25) is 9.59 Å². The number of hydrogen-bond donors (Lipinski definition) is 1.